The lowest BCUT2D eigenvalue weighted by molar-refractivity contribution is -0.158. The third-order valence-corrected chi connectivity index (χ3v) is 3.15. The van der Waals surface area contributed by atoms with E-state index in [0.29, 0.717) is 6.61 Å². The molecule has 0 spiro atoms. The molecule has 1 heterocycles. The minimum atomic E-state index is -0.400. The van der Waals surface area contributed by atoms with Crippen LogP contribution in [0.1, 0.15) is 33.1 Å². The maximum Gasteiger partial charge on any atom is 0.314 e. The summed E-state index contributed by atoms with van der Waals surface area (Å²) in [5.41, 5.74) is -0.400. The van der Waals surface area contributed by atoms with Gasteiger partial charge in [0.25, 0.3) is 0 Å². The van der Waals surface area contributed by atoms with Gasteiger partial charge in [0, 0.05) is 6.61 Å². The quantitative estimate of drug-likeness (QED) is 0.610. The van der Waals surface area contributed by atoms with E-state index < -0.39 is 5.41 Å². The standard InChI is InChI=1S/C10H16O3/c1-7-10(2,5-6-12-7)9(11)13-8-3-4-8/h7-8H,3-6H2,1-2H3. The molecule has 74 valence electrons. The Bertz CT molecular complexity index is 222. The molecule has 3 heteroatoms. The Morgan fingerprint density at radius 2 is 2.23 bits per heavy atom. The van der Waals surface area contributed by atoms with Crippen LogP contribution in [0.25, 0.3) is 0 Å². The Kier molecular flexibility index (Phi) is 2.06. The zero-order valence-corrected chi connectivity index (χ0v) is 8.21. The summed E-state index contributed by atoms with van der Waals surface area (Å²) in [6.07, 6.45) is 3.07. The van der Waals surface area contributed by atoms with Gasteiger partial charge in [-0.2, -0.15) is 0 Å². The van der Waals surface area contributed by atoms with Crippen molar-refractivity contribution < 1.29 is 14.3 Å². The van der Waals surface area contributed by atoms with Crippen LogP contribution in [0, 0.1) is 5.41 Å². The first-order valence-corrected chi connectivity index (χ1v) is 4.95. The van der Waals surface area contributed by atoms with Crippen molar-refractivity contribution in [2.24, 2.45) is 5.41 Å². The molecule has 2 fully saturated rings. The fraction of sp³-hybridized carbons (Fsp3) is 0.900. The van der Waals surface area contributed by atoms with E-state index in [2.05, 4.69) is 0 Å². The van der Waals surface area contributed by atoms with Gasteiger partial charge in [-0.15, -0.1) is 0 Å². The highest BCUT2D eigenvalue weighted by Gasteiger charge is 2.46. The smallest absolute Gasteiger partial charge is 0.314 e. The lowest BCUT2D eigenvalue weighted by Crippen LogP contribution is -2.36. The third-order valence-electron chi connectivity index (χ3n) is 3.15. The van der Waals surface area contributed by atoms with Gasteiger partial charge in [-0.1, -0.05) is 0 Å². The summed E-state index contributed by atoms with van der Waals surface area (Å²) in [7, 11) is 0. The number of hydrogen-bond donors (Lipinski definition) is 0. The molecular formula is C10H16O3. The summed E-state index contributed by atoms with van der Waals surface area (Å²) in [6.45, 7) is 4.56. The molecule has 13 heavy (non-hydrogen) atoms. The van der Waals surface area contributed by atoms with Gasteiger partial charge in [-0.05, 0) is 33.1 Å². The summed E-state index contributed by atoms with van der Waals surface area (Å²) in [5, 5.41) is 0. The SMILES string of the molecule is CC1OCCC1(C)C(=O)OC1CC1. The van der Waals surface area contributed by atoms with E-state index in [1.165, 1.54) is 0 Å². The molecule has 2 unspecified atom stereocenters. The summed E-state index contributed by atoms with van der Waals surface area (Å²) in [5.74, 6) is -0.0694. The number of hydrogen-bond acceptors (Lipinski definition) is 3. The molecular weight excluding hydrogens is 168 g/mol. The lowest BCUT2D eigenvalue weighted by Gasteiger charge is -2.24. The molecule has 0 bridgehead atoms. The van der Waals surface area contributed by atoms with Crippen molar-refractivity contribution in [1.82, 2.24) is 0 Å². The van der Waals surface area contributed by atoms with Gasteiger partial charge >= 0.3 is 5.97 Å². The van der Waals surface area contributed by atoms with Gasteiger partial charge in [0.1, 0.15) is 6.10 Å². The fourth-order valence-corrected chi connectivity index (χ4v) is 1.57. The van der Waals surface area contributed by atoms with Crippen molar-refractivity contribution in [3.63, 3.8) is 0 Å². The van der Waals surface area contributed by atoms with Gasteiger partial charge in [0.2, 0.25) is 0 Å². The Morgan fingerprint density at radius 1 is 1.54 bits per heavy atom. The molecule has 1 saturated heterocycles. The maximum atomic E-state index is 11.7. The van der Waals surface area contributed by atoms with E-state index in [-0.39, 0.29) is 18.2 Å². The van der Waals surface area contributed by atoms with E-state index in [1.807, 2.05) is 13.8 Å². The van der Waals surface area contributed by atoms with Gasteiger partial charge < -0.3 is 9.47 Å². The minimum absolute atomic E-state index is 0.00116. The lowest BCUT2D eigenvalue weighted by atomic mass is 9.84. The van der Waals surface area contributed by atoms with Crippen molar-refractivity contribution in [2.75, 3.05) is 6.61 Å². The second-order valence-electron chi connectivity index (χ2n) is 4.29. The number of rotatable bonds is 2. The van der Waals surface area contributed by atoms with E-state index in [4.69, 9.17) is 9.47 Å². The predicted octanol–water partition coefficient (Wildman–Crippen LogP) is 1.51. The number of carbonyl (C=O) groups excluding carboxylic acids is 1. The highest BCUT2D eigenvalue weighted by atomic mass is 16.6. The summed E-state index contributed by atoms with van der Waals surface area (Å²) in [4.78, 5) is 11.7. The normalized spacial score (nSPS) is 39.1. The van der Waals surface area contributed by atoms with Crippen LogP contribution in [-0.2, 0) is 14.3 Å². The van der Waals surface area contributed by atoms with Gasteiger partial charge in [0.05, 0.1) is 11.5 Å². The van der Waals surface area contributed by atoms with Gasteiger partial charge in [0.15, 0.2) is 0 Å². The molecule has 0 aromatic heterocycles. The minimum Gasteiger partial charge on any atom is -0.462 e. The molecule has 2 atom stereocenters. The Hall–Kier alpha value is -0.570. The van der Waals surface area contributed by atoms with Crippen molar-refractivity contribution in [3.8, 4) is 0 Å². The zero-order valence-electron chi connectivity index (χ0n) is 8.21. The average molecular weight is 184 g/mol. The molecule has 2 aliphatic rings. The van der Waals surface area contributed by atoms with Gasteiger partial charge in [-0.25, -0.2) is 0 Å². The molecule has 0 N–H and O–H groups in total. The van der Waals surface area contributed by atoms with E-state index in [9.17, 15) is 4.79 Å². The van der Waals surface area contributed by atoms with Crippen LogP contribution in [0.2, 0.25) is 0 Å². The van der Waals surface area contributed by atoms with Crippen LogP contribution in [0.15, 0.2) is 0 Å². The summed E-state index contributed by atoms with van der Waals surface area (Å²) in [6, 6.07) is 0. The number of esters is 1. The van der Waals surface area contributed by atoms with E-state index in [1.54, 1.807) is 0 Å². The van der Waals surface area contributed by atoms with Crippen LogP contribution >= 0.6 is 0 Å². The molecule has 1 aliphatic heterocycles. The molecule has 0 radical (unpaired) electrons. The van der Waals surface area contributed by atoms with Crippen LogP contribution < -0.4 is 0 Å². The third kappa shape index (κ3) is 1.57. The van der Waals surface area contributed by atoms with E-state index in [0.717, 1.165) is 19.3 Å². The second kappa shape index (κ2) is 2.98. The second-order valence-corrected chi connectivity index (χ2v) is 4.29. The van der Waals surface area contributed by atoms with Crippen LogP contribution in [-0.4, -0.2) is 24.8 Å². The summed E-state index contributed by atoms with van der Waals surface area (Å²) >= 11 is 0. The van der Waals surface area contributed by atoms with Crippen molar-refractivity contribution in [1.29, 1.82) is 0 Å². The largest absolute Gasteiger partial charge is 0.462 e. The van der Waals surface area contributed by atoms with Crippen molar-refractivity contribution in [2.45, 2.75) is 45.3 Å². The maximum absolute atomic E-state index is 11.7. The van der Waals surface area contributed by atoms with Gasteiger partial charge in [-0.3, -0.25) is 4.79 Å². The van der Waals surface area contributed by atoms with Crippen LogP contribution in [0.3, 0.4) is 0 Å². The molecule has 0 aromatic carbocycles. The molecule has 0 amide bonds. The Labute approximate surface area is 78.4 Å². The molecule has 1 aliphatic carbocycles. The zero-order chi connectivity index (χ0) is 9.47. The molecule has 1 saturated carbocycles. The van der Waals surface area contributed by atoms with E-state index >= 15 is 0 Å². The first kappa shape index (κ1) is 9.00. The number of ether oxygens (including phenoxy) is 2. The van der Waals surface area contributed by atoms with Crippen LogP contribution in [0.4, 0.5) is 0 Å². The monoisotopic (exact) mass is 184 g/mol. The molecule has 2 rings (SSSR count). The topological polar surface area (TPSA) is 35.5 Å². The Balaban J connectivity index is 1.99. The number of carbonyl (C=O) groups is 1. The highest BCUT2D eigenvalue weighted by molar-refractivity contribution is 5.77. The highest BCUT2D eigenvalue weighted by Crippen LogP contribution is 2.37. The first-order chi connectivity index (χ1) is 6.13. The molecule has 0 aromatic rings. The predicted molar refractivity (Wildman–Crippen MR) is 47.3 cm³/mol. The molecule has 3 nitrogen and oxygen atoms in total. The van der Waals surface area contributed by atoms with Crippen molar-refractivity contribution in [3.05, 3.63) is 0 Å². The summed E-state index contributed by atoms with van der Waals surface area (Å²) < 4.78 is 10.7. The van der Waals surface area contributed by atoms with Crippen LogP contribution in [0.5, 0.6) is 0 Å². The average Bonchev–Trinajstić information content (AvgIpc) is 2.81. The first-order valence-electron chi connectivity index (χ1n) is 4.95. The Morgan fingerprint density at radius 3 is 2.69 bits per heavy atom. The van der Waals surface area contributed by atoms with Crippen molar-refractivity contribution >= 4 is 5.97 Å². The fourth-order valence-electron chi connectivity index (χ4n) is 1.57.